The van der Waals surface area contributed by atoms with E-state index in [0.717, 1.165) is 39.8 Å². The van der Waals surface area contributed by atoms with Gasteiger partial charge in [0.1, 0.15) is 17.3 Å². The molecule has 176 valence electrons. The first-order chi connectivity index (χ1) is 17.0. The maximum absolute atomic E-state index is 5.49. The second-order valence-corrected chi connectivity index (χ2v) is 8.56. The minimum Gasteiger partial charge on any atom is -0.497 e. The monoisotopic (exact) mass is 464 g/mol. The molecular weight excluding hydrogens is 436 g/mol. The van der Waals surface area contributed by atoms with Crippen molar-refractivity contribution in [2.75, 3.05) is 19.5 Å². The van der Waals surface area contributed by atoms with Crippen molar-refractivity contribution >= 4 is 11.5 Å². The summed E-state index contributed by atoms with van der Waals surface area (Å²) in [7, 11) is 3.30. The quantitative estimate of drug-likeness (QED) is 0.306. The maximum Gasteiger partial charge on any atom is 0.154 e. The number of nitrogens with zero attached hydrogens (tertiary/aromatic N) is 3. The topological polar surface area (TPSA) is 60.7 Å². The third-order valence-corrected chi connectivity index (χ3v) is 6.30. The summed E-state index contributed by atoms with van der Waals surface area (Å²) in [6.07, 6.45) is 1.96. The van der Waals surface area contributed by atoms with Crippen molar-refractivity contribution < 1.29 is 9.47 Å². The minimum atomic E-state index is 0.577. The molecule has 3 aromatic carbocycles. The molecule has 0 fully saturated rings. The van der Waals surface area contributed by atoms with Gasteiger partial charge in [0, 0.05) is 23.7 Å². The van der Waals surface area contributed by atoms with Gasteiger partial charge < -0.3 is 14.8 Å². The molecule has 35 heavy (non-hydrogen) atoms. The van der Waals surface area contributed by atoms with Gasteiger partial charge in [-0.15, -0.1) is 5.10 Å². The Labute approximate surface area is 205 Å². The second-order valence-electron chi connectivity index (χ2n) is 8.56. The average Bonchev–Trinajstić information content (AvgIpc) is 3.32. The predicted molar refractivity (Wildman–Crippen MR) is 140 cm³/mol. The van der Waals surface area contributed by atoms with Crippen LogP contribution in [0.2, 0.25) is 0 Å². The number of aromatic nitrogens is 3. The molecule has 5 rings (SSSR count). The second kappa shape index (κ2) is 9.50. The molecule has 6 nitrogen and oxygen atoms in total. The van der Waals surface area contributed by atoms with Gasteiger partial charge in [-0.2, -0.15) is 0 Å². The Morgan fingerprint density at radius 3 is 2.29 bits per heavy atom. The number of fused-ring (bicyclic) bond motifs is 1. The zero-order chi connectivity index (χ0) is 24.4. The molecule has 0 aliphatic heterocycles. The molecule has 5 aromatic rings. The molecule has 6 heteroatoms. The van der Waals surface area contributed by atoms with Gasteiger partial charge in [0.25, 0.3) is 0 Å². The van der Waals surface area contributed by atoms with Crippen molar-refractivity contribution in [1.82, 2.24) is 14.6 Å². The summed E-state index contributed by atoms with van der Waals surface area (Å²) < 4.78 is 12.6. The van der Waals surface area contributed by atoms with Crippen molar-refractivity contribution in [1.29, 1.82) is 0 Å². The molecule has 0 amide bonds. The molecule has 0 aliphatic rings. The van der Waals surface area contributed by atoms with Crippen molar-refractivity contribution in [3.63, 3.8) is 0 Å². The summed E-state index contributed by atoms with van der Waals surface area (Å²) in [6, 6.07) is 24.8. The molecule has 0 radical (unpaired) electrons. The van der Waals surface area contributed by atoms with E-state index >= 15 is 0 Å². The Morgan fingerprint density at radius 2 is 1.54 bits per heavy atom. The number of imidazole rings is 1. The molecule has 0 saturated heterocycles. The number of nitrogens with one attached hydrogen (secondary N) is 1. The van der Waals surface area contributed by atoms with Crippen LogP contribution >= 0.6 is 0 Å². The Hall–Kier alpha value is -4.32. The highest BCUT2D eigenvalue weighted by molar-refractivity contribution is 5.70. The number of ether oxygens (including phenoxy) is 2. The third kappa shape index (κ3) is 4.68. The number of rotatable bonds is 7. The number of hydrogen-bond acceptors (Lipinski definition) is 5. The Bertz CT molecular complexity index is 1490. The molecule has 1 N–H and O–H groups in total. The van der Waals surface area contributed by atoms with Gasteiger partial charge in [0.15, 0.2) is 5.65 Å². The highest BCUT2D eigenvalue weighted by Crippen LogP contribution is 2.27. The Morgan fingerprint density at radius 1 is 0.771 bits per heavy atom. The van der Waals surface area contributed by atoms with Crippen molar-refractivity contribution in [3.8, 4) is 33.9 Å². The lowest BCUT2D eigenvalue weighted by molar-refractivity contribution is 0.391. The summed E-state index contributed by atoms with van der Waals surface area (Å²) in [5.74, 6) is 2.29. The van der Waals surface area contributed by atoms with Crippen LogP contribution in [0.5, 0.6) is 11.5 Å². The van der Waals surface area contributed by atoms with Crippen molar-refractivity contribution in [2.45, 2.75) is 20.4 Å². The fraction of sp³-hybridized carbons (Fsp3) is 0.172. The van der Waals surface area contributed by atoms with Crippen LogP contribution < -0.4 is 14.8 Å². The van der Waals surface area contributed by atoms with Crippen molar-refractivity contribution in [3.05, 3.63) is 95.7 Å². The van der Waals surface area contributed by atoms with Crippen LogP contribution in [0.1, 0.15) is 16.7 Å². The van der Waals surface area contributed by atoms with E-state index in [1.165, 1.54) is 22.3 Å². The maximum atomic E-state index is 5.49. The Kier molecular flexibility index (Phi) is 6.10. The first-order valence-electron chi connectivity index (χ1n) is 11.5. The van der Waals surface area contributed by atoms with Gasteiger partial charge in [0.05, 0.1) is 26.1 Å². The molecule has 2 aromatic heterocycles. The SMILES string of the molecule is COc1ccc(CNc2ccc3nc(-c4ccc(-c5ccc(C)c(C)c5)cc4)cn3n2)c(OC)c1. The third-order valence-electron chi connectivity index (χ3n) is 6.30. The largest absolute Gasteiger partial charge is 0.497 e. The normalized spacial score (nSPS) is 11.0. The van der Waals surface area contributed by atoms with Gasteiger partial charge in [-0.3, -0.25) is 0 Å². The van der Waals surface area contributed by atoms with Crippen LogP contribution in [0.25, 0.3) is 28.0 Å². The molecule has 0 spiro atoms. The van der Waals surface area contributed by atoms with E-state index in [4.69, 9.17) is 14.5 Å². The average molecular weight is 465 g/mol. The molecular formula is C29H28N4O2. The van der Waals surface area contributed by atoms with E-state index in [1.54, 1.807) is 18.7 Å². The summed E-state index contributed by atoms with van der Waals surface area (Å²) in [5.41, 5.74) is 8.78. The zero-order valence-corrected chi connectivity index (χ0v) is 20.4. The summed E-state index contributed by atoms with van der Waals surface area (Å²) in [5, 5.41) is 8.05. The molecule has 0 aliphatic carbocycles. The van der Waals surface area contributed by atoms with E-state index in [2.05, 4.69) is 66.7 Å². The summed E-state index contributed by atoms with van der Waals surface area (Å²) in [4.78, 5) is 4.76. The minimum absolute atomic E-state index is 0.577. The first-order valence-corrected chi connectivity index (χ1v) is 11.5. The van der Waals surface area contributed by atoms with Crippen LogP contribution in [0.15, 0.2) is 79.0 Å². The summed E-state index contributed by atoms with van der Waals surface area (Å²) in [6.45, 7) is 4.86. The molecule has 0 saturated carbocycles. The van der Waals surface area contributed by atoms with Crippen LogP contribution in [0, 0.1) is 13.8 Å². The van der Waals surface area contributed by atoms with Crippen LogP contribution in [-0.4, -0.2) is 28.8 Å². The molecule has 2 heterocycles. The molecule has 0 bridgehead atoms. The van der Waals surface area contributed by atoms with Gasteiger partial charge in [-0.05, 0) is 60.4 Å². The van der Waals surface area contributed by atoms with Gasteiger partial charge in [-0.25, -0.2) is 9.50 Å². The fourth-order valence-corrected chi connectivity index (χ4v) is 4.05. The summed E-state index contributed by atoms with van der Waals surface area (Å²) >= 11 is 0. The van der Waals surface area contributed by atoms with Crippen LogP contribution in [-0.2, 0) is 6.54 Å². The van der Waals surface area contributed by atoms with Crippen molar-refractivity contribution in [2.24, 2.45) is 0 Å². The number of benzene rings is 3. The molecule has 0 unspecified atom stereocenters. The smallest absolute Gasteiger partial charge is 0.154 e. The highest BCUT2D eigenvalue weighted by atomic mass is 16.5. The van der Waals surface area contributed by atoms with Gasteiger partial charge in [0.2, 0.25) is 0 Å². The van der Waals surface area contributed by atoms with Gasteiger partial charge >= 0.3 is 0 Å². The highest BCUT2D eigenvalue weighted by Gasteiger charge is 2.09. The van der Waals surface area contributed by atoms with E-state index in [-0.39, 0.29) is 0 Å². The number of methoxy groups -OCH3 is 2. The van der Waals surface area contributed by atoms with E-state index < -0.39 is 0 Å². The Balaban J connectivity index is 1.34. The lowest BCUT2D eigenvalue weighted by Crippen LogP contribution is -2.05. The van der Waals surface area contributed by atoms with Crippen LogP contribution in [0.4, 0.5) is 5.82 Å². The number of hydrogen-bond donors (Lipinski definition) is 1. The predicted octanol–water partition coefficient (Wildman–Crippen LogP) is 6.31. The van der Waals surface area contributed by atoms with E-state index in [9.17, 15) is 0 Å². The first kappa shape index (κ1) is 22.5. The van der Waals surface area contributed by atoms with Crippen LogP contribution in [0.3, 0.4) is 0 Å². The van der Waals surface area contributed by atoms with Gasteiger partial charge in [-0.1, -0.05) is 42.5 Å². The number of anilines is 1. The fourth-order valence-electron chi connectivity index (χ4n) is 4.05. The zero-order valence-electron chi connectivity index (χ0n) is 20.4. The molecule has 0 atom stereocenters. The lowest BCUT2D eigenvalue weighted by atomic mass is 9.99. The van der Waals surface area contributed by atoms with E-state index in [0.29, 0.717) is 6.54 Å². The lowest BCUT2D eigenvalue weighted by Gasteiger charge is -2.11. The number of aryl methyl sites for hydroxylation is 2. The van der Waals surface area contributed by atoms with E-state index in [1.807, 2.05) is 36.5 Å². The standard InChI is InChI=1S/C29H28N4O2/c1-19-5-6-23(15-20(19)2)21-7-9-22(10-8-21)26-18-33-29(31-26)14-13-28(32-33)30-17-24-11-12-25(34-3)16-27(24)35-4/h5-16,18H,17H2,1-4H3,(H,30,32).